The maximum atomic E-state index is 4.74. The van der Waals surface area contributed by atoms with Crippen molar-refractivity contribution in [1.29, 1.82) is 0 Å². The van der Waals surface area contributed by atoms with Crippen LogP contribution in [0.2, 0.25) is 0 Å². The van der Waals surface area contributed by atoms with Crippen LogP contribution in [0, 0.1) is 0 Å². The molecule has 1 aromatic carbocycles. The Morgan fingerprint density at radius 2 is 1.58 bits per heavy atom. The fourth-order valence-corrected chi connectivity index (χ4v) is 3.76. The van der Waals surface area contributed by atoms with E-state index in [0.29, 0.717) is 0 Å². The molecule has 146 valence electrons. The largest absolute Gasteiger partial charge is 0.314 e. The van der Waals surface area contributed by atoms with Gasteiger partial charge in [0, 0.05) is 13.0 Å². The van der Waals surface area contributed by atoms with Crippen molar-refractivity contribution < 1.29 is 0 Å². The summed E-state index contributed by atoms with van der Waals surface area (Å²) in [6.07, 6.45) is 7.82. The second-order valence-electron chi connectivity index (χ2n) is 6.75. The van der Waals surface area contributed by atoms with E-state index in [1.807, 2.05) is 13.8 Å². The third-order valence-electron chi connectivity index (χ3n) is 5.07. The number of hydrogen-bond donors (Lipinski definition) is 0. The van der Waals surface area contributed by atoms with Crippen LogP contribution in [0.3, 0.4) is 0 Å². The van der Waals surface area contributed by atoms with Crippen molar-refractivity contribution in [3.8, 4) is 0 Å². The molecule has 3 heteroatoms. The van der Waals surface area contributed by atoms with Crippen LogP contribution in [-0.2, 0) is 18.4 Å². The number of aryl methyl sites for hydroxylation is 1. The van der Waals surface area contributed by atoms with E-state index in [1.165, 1.54) is 24.2 Å². The molecule has 1 aromatic heterocycles. The number of aromatic nitrogens is 3. The van der Waals surface area contributed by atoms with E-state index in [2.05, 4.69) is 67.7 Å². The zero-order valence-corrected chi connectivity index (χ0v) is 17.9. The second-order valence-corrected chi connectivity index (χ2v) is 6.75. The van der Waals surface area contributed by atoms with Crippen LogP contribution >= 0.6 is 0 Å². The normalized spacial score (nSPS) is 13.0. The van der Waals surface area contributed by atoms with Crippen molar-refractivity contribution in [2.75, 3.05) is 0 Å². The molecule has 2 rings (SSSR count). The van der Waals surface area contributed by atoms with Gasteiger partial charge in [-0.05, 0) is 31.2 Å². The average Bonchev–Trinajstić information content (AvgIpc) is 3.10. The molecule has 1 heterocycles. The Bertz CT molecular complexity index is 603. The van der Waals surface area contributed by atoms with E-state index in [1.54, 1.807) is 0 Å². The van der Waals surface area contributed by atoms with Gasteiger partial charge in [0.25, 0.3) is 0 Å². The quantitative estimate of drug-likeness (QED) is 0.482. The van der Waals surface area contributed by atoms with Gasteiger partial charge in [0.2, 0.25) is 0 Å². The highest BCUT2D eigenvalue weighted by molar-refractivity contribution is 5.33. The van der Waals surface area contributed by atoms with Crippen molar-refractivity contribution in [3.63, 3.8) is 0 Å². The highest BCUT2D eigenvalue weighted by Gasteiger charge is 2.37. The average molecular weight is 358 g/mol. The molecule has 0 fully saturated rings. The first-order chi connectivity index (χ1) is 12.7. The summed E-state index contributed by atoms with van der Waals surface area (Å²) in [6.45, 7) is 14.1. The van der Waals surface area contributed by atoms with Crippen molar-refractivity contribution in [2.45, 2.75) is 98.4 Å². The molecule has 0 aliphatic rings. The SMILES string of the molecule is CC.CCCCn1c(CCC)nnc1C(CC)(CCC)c1ccccc1. The summed E-state index contributed by atoms with van der Waals surface area (Å²) in [5, 5.41) is 9.33. The maximum absolute atomic E-state index is 4.74. The summed E-state index contributed by atoms with van der Waals surface area (Å²) in [6, 6.07) is 10.9. The number of unbranched alkanes of at least 4 members (excludes halogenated alkanes) is 1. The Morgan fingerprint density at radius 1 is 0.885 bits per heavy atom. The molecule has 26 heavy (non-hydrogen) atoms. The van der Waals surface area contributed by atoms with E-state index in [-0.39, 0.29) is 5.41 Å². The van der Waals surface area contributed by atoms with Gasteiger partial charge in [-0.25, -0.2) is 0 Å². The third-order valence-corrected chi connectivity index (χ3v) is 5.07. The van der Waals surface area contributed by atoms with Gasteiger partial charge in [0.1, 0.15) is 11.6 Å². The minimum atomic E-state index is -0.0251. The first-order valence-corrected chi connectivity index (χ1v) is 10.7. The molecule has 0 spiro atoms. The molecule has 0 aliphatic carbocycles. The molecule has 1 unspecified atom stereocenters. The molecule has 1 atom stereocenters. The summed E-state index contributed by atoms with van der Waals surface area (Å²) in [5.74, 6) is 2.33. The van der Waals surface area contributed by atoms with Gasteiger partial charge >= 0.3 is 0 Å². The summed E-state index contributed by atoms with van der Waals surface area (Å²) < 4.78 is 2.43. The van der Waals surface area contributed by atoms with Crippen LogP contribution in [0.15, 0.2) is 30.3 Å². The summed E-state index contributed by atoms with van der Waals surface area (Å²) in [4.78, 5) is 0. The highest BCUT2D eigenvalue weighted by Crippen LogP contribution is 2.39. The topological polar surface area (TPSA) is 30.7 Å². The van der Waals surface area contributed by atoms with Gasteiger partial charge in [-0.3, -0.25) is 0 Å². The molecule has 0 N–H and O–H groups in total. The standard InChI is InChI=1S/C21H33N3.C2H6/c1-5-9-17-24-19(13-6-2)22-23-20(24)21(8-4,16-7-3)18-14-11-10-12-15-18;1-2/h10-12,14-15H,5-9,13,16-17H2,1-4H3;1-2H3. The lowest BCUT2D eigenvalue weighted by Gasteiger charge is -2.33. The Balaban J connectivity index is 0.00000163. The van der Waals surface area contributed by atoms with E-state index < -0.39 is 0 Å². The minimum Gasteiger partial charge on any atom is -0.314 e. The fourth-order valence-electron chi connectivity index (χ4n) is 3.76. The van der Waals surface area contributed by atoms with Gasteiger partial charge in [0.15, 0.2) is 0 Å². The number of nitrogens with zero attached hydrogens (tertiary/aromatic N) is 3. The van der Waals surface area contributed by atoms with Gasteiger partial charge in [0.05, 0.1) is 5.41 Å². The lowest BCUT2D eigenvalue weighted by Crippen LogP contribution is -2.31. The second kappa shape index (κ2) is 11.9. The summed E-state index contributed by atoms with van der Waals surface area (Å²) in [5.41, 5.74) is 1.35. The van der Waals surface area contributed by atoms with Gasteiger partial charge in [-0.15, -0.1) is 10.2 Å². The fraction of sp³-hybridized carbons (Fsp3) is 0.652. The van der Waals surface area contributed by atoms with Crippen molar-refractivity contribution in [1.82, 2.24) is 14.8 Å². The van der Waals surface area contributed by atoms with Gasteiger partial charge in [-0.2, -0.15) is 0 Å². The number of benzene rings is 1. The zero-order chi connectivity index (χ0) is 19.4. The molecule has 0 radical (unpaired) electrons. The Morgan fingerprint density at radius 3 is 2.12 bits per heavy atom. The molecule has 0 amide bonds. The van der Waals surface area contributed by atoms with E-state index >= 15 is 0 Å². The van der Waals surface area contributed by atoms with Crippen LogP contribution in [0.5, 0.6) is 0 Å². The lowest BCUT2D eigenvalue weighted by molar-refractivity contribution is 0.397. The van der Waals surface area contributed by atoms with Crippen LogP contribution in [0.1, 0.15) is 97.3 Å². The molecule has 0 bridgehead atoms. The number of hydrogen-bond acceptors (Lipinski definition) is 2. The molecular weight excluding hydrogens is 318 g/mol. The Hall–Kier alpha value is -1.64. The minimum absolute atomic E-state index is 0.0251. The molecule has 0 saturated carbocycles. The monoisotopic (exact) mass is 357 g/mol. The molecular formula is C23H39N3. The highest BCUT2D eigenvalue weighted by atomic mass is 15.3. The van der Waals surface area contributed by atoms with E-state index in [9.17, 15) is 0 Å². The van der Waals surface area contributed by atoms with Crippen LogP contribution in [0.4, 0.5) is 0 Å². The van der Waals surface area contributed by atoms with E-state index in [0.717, 1.165) is 44.5 Å². The Labute approximate surface area is 161 Å². The predicted octanol–water partition coefficient (Wildman–Crippen LogP) is 6.55. The molecule has 2 aromatic rings. The maximum Gasteiger partial charge on any atom is 0.143 e. The van der Waals surface area contributed by atoms with Crippen molar-refractivity contribution in [3.05, 3.63) is 47.5 Å². The molecule has 3 nitrogen and oxygen atoms in total. The van der Waals surface area contributed by atoms with Crippen LogP contribution < -0.4 is 0 Å². The van der Waals surface area contributed by atoms with Gasteiger partial charge in [-0.1, -0.05) is 84.7 Å². The first-order valence-electron chi connectivity index (χ1n) is 10.7. The summed E-state index contributed by atoms with van der Waals surface area (Å²) in [7, 11) is 0. The smallest absolute Gasteiger partial charge is 0.143 e. The molecule has 0 saturated heterocycles. The zero-order valence-electron chi connectivity index (χ0n) is 17.9. The van der Waals surface area contributed by atoms with Gasteiger partial charge < -0.3 is 4.57 Å². The third kappa shape index (κ3) is 4.96. The first kappa shape index (κ1) is 22.4. The van der Waals surface area contributed by atoms with E-state index in [4.69, 9.17) is 5.10 Å². The van der Waals surface area contributed by atoms with Crippen LogP contribution in [0.25, 0.3) is 0 Å². The predicted molar refractivity (Wildman–Crippen MR) is 113 cm³/mol. The summed E-state index contributed by atoms with van der Waals surface area (Å²) >= 11 is 0. The van der Waals surface area contributed by atoms with Crippen molar-refractivity contribution >= 4 is 0 Å². The van der Waals surface area contributed by atoms with Crippen LogP contribution in [-0.4, -0.2) is 14.8 Å². The Kier molecular flexibility index (Phi) is 10.2. The van der Waals surface area contributed by atoms with Crippen molar-refractivity contribution in [2.24, 2.45) is 0 Å². The number of rotatable bonds is 10. The lowest BCUT2D eigenvalue weighted by atomic mass is 9.73. The molecule has 0 aliphatic heterocycles.